The molecule has 27 heavy (non-hydrogen) atoms. The molecular weight excluding hydrogens is 337 g/mol. The Kier molecular flexibility index (Phi) is 4.95. The Labute approximate surface area is 162 Å². The van der Waals surface area contributed by atoms with Crippen molar-refractivity contribution in [3.05, 3.63) is 60.2 Å². The van der Waals surface area contributed by atoms with Crippen LogP contribution < -0.4 is 10.4 Å². The van der Waals surface area contributed by atoms with Gasteiger partial charge in [0.1, 0.15) is 0 Å². The van der Waals surface area contributed by atoms with Crippen LogP contribution in [0.4, 0.5) is 5.69 Å². The topological polar surface area (TPSA) is 38.8 Å². The van der Waals surface area contributed by atoms with E-state index in [2.05, 4.69) is 13.2 Å². The minimum Gasteiger partial charge on any atom is -0.399 e. The van der Waals surface area contributed by atoms with Gasteiger partial charge in [0.25, 0.3) is 5.91 Å². The average molecular weight is 365 g/mol. The first kappa shape index (κ1) is 19.7. The van der Waals surface area contributed by atoms with E-state index in [1.54, 1.807) is 12.2 Å². The minimum absolute atomic E-state index is 0.0414. The first-order chi connectivity index (χ1) is 12.6. The first-order valence-electron chi connectivity index (χ1n) is 9.38. The number of rotatable bonds is 4. The van der Waals surface area contributed by atoms with Gasteiger partial charge in [-0.3, -0.25) is 4.79 Å². The summed E-state index contributed by atoms with van der Waals surface area (Å²) in [5.74, 6) is -0.0414. The average Bonchev–Trinajstić information content (AvgIpc) is 2.82. The molecule has 2 aliphatic rings. The Bertz CT molecular complexity index is 822. The fourth-order valence-corrected chi connectivity index (χ4v) is 3.57. The number of carbonyl (C=O) groups excluding carboxylic acids is 1. The normalized spacial score (nSPS) is 21.6. The first-order valence-corrected chi connectivity index (χ1v) is 9.38. The van der Waals surface area contributed by atoms with Gasteiger partial charge in [-0.25, -0.2) is 0 Å². The molecule has 0 unspecified atom stereocenters. The van der Waals surface area contributed by atoms with E-state index >= 15 is 0 Å². The lowest BCUT2D eigenvalue weighted by molar-refractivity contribution is -0.115. The van der Waals surface area contributed by atoms with Gasteiger partial charge in [0.15, 0.2) is 0 Å². The van der Waals surface area contributed by atoms with Crippen LogP contribution in [0.5, 0.6) is 0 Å². The van der Waals surface area contributed by atoms with E-state index in [4.69, 9.17) is 9.31 Å². The predicted molar refractivity (Wildman–Crippen MR) is 111 cm³/mol. The molecule has 4 nitrogen and oxygen atoms in total. The molecule has 2 aliphatic heterocycles. The fraction of sp³-hybridized carbons (Fsp3) is 0.409. The molecule has 2 heterocycles. The van der Waals surface area contributed by atoms with Crippen LogP contribution in [-0.2, 0) is 14.1 Å². The van der Waals surface area contributed by atoms with Gasteiger partial charge in [-0.05, 0) is 63.7 Å². The molecule has 0 atom stereocenters. The Morgan fingerprint density at radius 3 is 2.30 bits per heavy atom. The number of carbonyl (C=O) groups is 1. The molecule has 0 aliphatic carbocycles. The third-order valence-corrected chi connectivity index (χ3v) is 6.02. The second-order valence-electron chi connectivity index (χ2n) is 8.13. The molecule has 0 aromatic heterocycles. The lowest BCUT2D eigenvalue weighted by atomic mass is 9.75. The van der Waals surface area contributed by atoms with Gasteiger partial charge >= 0.3 is 7.12 Å². The molecule has 1 amide bonds. The number of hydrogen-bond donors (Lipinski definition) is 0. The van der Waals surface area contributed by atoms with Gasteiger partial charge < -0.3 is 14.2 Å². The zero-order valence-corrected chi connectivity index (χ0v) is 17.0. The number of benzene rings is 1. The van der Waals surface area contributed by atoms with Crippen LogP contribution in [-0.4, -0.2) is 30.8 Å². The van der Waals surface area contributed by atoms with Crippen LogP contribution >= 0.6 is 0 Å². The monoisotopic (exact) mass is 365 g/mol. The summed E-state index contributed by atoms with van der Waals surface area (Å²) < 4.78 is 12.4. The van der Waals surface area contributed by atoms with E-state index in [-0.39, 0.29) is 5.91 Å². The van der Waals surface area contributed by atoms with E-state index in [9.17, 15) is 4.79 Å². The maximum absolute atomic E-state index is 13.0. The zero-order valence-electron chi connectivity index (χ0n) is 17.0. The third kappa shape index (κ3) is 3.19. The van der Waals surface area contributed by atoms with E-state index in [0.29, 0.717) is 12.1 Å². The van der Waals surface area contributed by atoms with Gasteiger partial charge in [0, 0.05) is 17.8 Å². The highest BCUT2D eigenvalue weighted by molar-refractivity contribution is 6.62. The smallest absolute Gasteiger partial charge is 0.399 e. The maximum Gasteiger partial charge on any atom is 0.495 e. The van der Waals surface area contributed by atoms with Crippen LogP contribution in [0.15, 0.2) is 54.7 Å². The zero-order chi connectivity index (χ0) is 20.0. The van der Waals surface area contributed by atoms with Gasteiger partial charge in [-0.1, -0.05) is 37.4 Å². The lowest BCUT2D eigenvalue weighted by Gasteiger charge is -2.32. The Balaban J connectivity index is 1.98. The van der Waals surface area contributed by atoms with Crippen molar-refractivity contribution in [3.63, 3.8) is 0 Å². The summed E-state index contributed by atoms with van der Waals surface area (Å²) in [7, 11) is -0.451. The summed E-state index contributed by atoms with van der Waals surface area (Å²) in [6.07, 6.45) is 4.13. The molecule has 142 valence electrons. The largest absolute Gasteiger partial charge is 0.495 e. The van der Waals surface area contributed by atoms with Crippen LogP contribution in [0.3, 0.4) is 0 Å². The van der Waals surface area contributed by atoms with Gasteiger partial charge in [0.2, 0.25) is 0 Å². The molecule has 0 radical (unpaired) electrons. The van der Waals surface area contributed by atoms with Crippen molar-refractivity contribution in [1.29, 1.82) is 0 Å². The molecule has 0 bridgehead atoms. The third-order valence-electron chi connectivity index (χ3n) is 6.02. The molecule has 0 spiro atoms. The van der Waals surface area contributed by atoms with Crippen molar-refractivity contribution in [1.82, 2.24) is 0 Å². The Hall–Kier alpha value is -2.11. The highest BCUT2D eigenvalue weighted by Gasteiger charge is 2.52. The molecule has 1 aromatic carbocycles. The quantitative estimate of drug-likeness (QED) is 0.764. The molecule has 1 aromatic rings. The van der Waals surface area contributed by atoms with Crippen LogP contribution in [0.2, 0.25) is 0 Å². The summed E-state index contributed by atoms with van der Waals surface area (Å²) in [5, 5.41) is 0. The summed E-state index contributed by atoms with van der Waals surface area (Å²) in [4.78, 5) is 14.8. The summed E-state index contributed by atoms with van der Waals surface area (Å²) in [6.45, 7) is 18.4. The number of anilines is 1. The predicted octanol–water partition coefficient (Wildman–Crippen LogP) is 3.70. The Morgan fingerprint density at radius 1 is 1.11 bits per heavy atom. The standard InChI is InChI=1S/C22H28BNO3/c1-8-16-13-14-24(20(25)17(16)9-2)19-12-10-11-18(15(19)3)23-26-21(4,5)22(6,7)27-23/h8-12H,1-2,13-14H2,3-7H3. The molecular formula is C22H28BNO3. The number of hydrogen-bond acceptors (Lipinski definition) is 3. The van der Waals surface area contributed by atoms with Crippen LogP contribution in [0, 0.1) is 6.92 Å². The highest BCUT2D eigenvalue weighted by atomic mass is 16.7. The Morgan fingerprint density at radius 2 is 1.74 bits per heavy atom. The number of nitrogens with zero attached hydrogens (tertiary/aromatic N) is 1. The molecule has 3 rings (SSSR count). The fourth-order valence-electron chi connectivity index (χ4n) is 3.57. The second kappa shape index (κ2) is 6.81. The van der Waals surface area contributed by atoms with Crippen molar-refractivity contribution in [2.24, 2.45) is 0 Å². The highest BCUT2D eigenvalue weighted by Crippen LogP contribution is 2.37. The number of amides is 1. The molecule has 1 fully saturated rings. The molecule has 5 heteroatoms. The SMILES string of the molecule is C=CC1=C(C=C)C(=O)N(c2cccc(B3OC(C)(C)C(C)(C)O3)c2C)CC1. The van der Waals surface area contributed by atoms with E-state index in [1.807, 2.05) is 57.7 Å². The molecule has 0 N–H and O–H groups in total. The second-order valence-corrected chi connectivity index (χ2v) is 8.13. The summed E-state index contributed by atoms with van der Waals surface area (Å²) >= 11 is 0. The summed E-state index contributed by atoms with van der Waals surface area (Å²) in [6, 6.07) is 5.94. The van der Waals surface area contributed by atoms with Crippen molar-refractivity contribution in [3.8, 4) is 0 Å². The van der Waals surface area contributed by atoms with Gasteiger partial charge in [-0.15, -0.1) is 0 Å². The van der Waals surface area contributed by atoms with Crippen LogP contribution in [0.1, 0.15) is 39.7 Å². The van der Waals surface area contributed by atoms with E-state index < -0.39 is 18.3 Å². The molecule has 0 saturated carbocycles. The van der Waals surface area contributed by atoms with Crippen LogP contribution in [0.25, 0.3) is 0 Å². The maximum atomic E-state index is 13.0. The van der Waals surface area contributed by atoms with Gasteiger partial charge in [0.05, 0.1) is 11.2 Å². The number of allylic oxidation sites excluding steroid dienone is 1. The molecule has 1 saturated heterocycles. The van der Waals surface area contributed by atoms with E-state index in [0.717, 1.165) is 28.7 Å². The van der Waals surface area contributed by atoms with Crippen molar-refractivity contribution < 1.29 is 14.1 Å². The lowest BCUT2D eigenvalue weighted by Crippen LogP contribution is -2.41. The summed E-state index contributed by atoms with van der Waals surface area (Å²) in [5.41, 5.74) is 3.60. The van der Waals surface area contributed by atoms with Gasteiger partial charge in [-0.2, -0.15) is 0 Å². The van der Waals surface area contributed by atoms with Crippen molar-refractivity contribution in [2.45, 2.75) is 52.2 Å². The van der Waals surface area contributed by atoms with Crippen molar-refractivity contribution in [2.75, 3.05) is 11.4 Å². The van der Waals surface area contributed by atoms with E-state index in [1.165, 1.54) is 0 Å². The van der Waals surface area contributed by atoms with Crippen molar-refractivity contribution >= 4 is 24.2 Å². The minimum atomic E-state index is -0.451.